The van der Waals surface area contributed by atoms with Crippen LogP contribution >= 0.6 is 0 Å². The largest absolute Gasteiger partial charge is 0.428 e. The summed E-state index contributed by atoms with van der Waals surface area (Å²) in [5.41, 5.74) is 1.20. The molecule has 0 saturated heterocycles. The van der Waals surface area contributed by atoms with Gasteiger partial charge >= 0.3 is 11.9 Å². The van der Waals surface area contributed by atoms with Gasteiger partial charge in [-0.1, -0.05) is 0 Å². The number of anilines is 2. The Kier molecular flexibility index (Phi) is 11.3. The number of esters is 2. The first-order valence-electron chi connectivity index (χ1n) is 14.8. The van der Waals surface area contributed by atoms with Crippen LogP contribution in [0.5, 0.6) is 0 Å². The summed E-state index contributed by atoms with van der Waals surface area (Å²) in [6, 6.07) is 8.44. The number of amides is 1. The van der Waals surface area contributed by atoms with E-state index < -0.39 is 55.2 Å². The van der Waals surface area contributed by atoms with E-state index in [9.17, 15) is 33.4 Å². The summed E-state index contributed by atoms with van der Waals surface area (Å²) in [7, 11) is 0. The quantitative estimate of drug-likeness (QED) is 0.166. The fraction of sp³-hybridized carbons (Fsp3) is 0.438. The van der Waals surface area contributed by atoms with Crippen molar-refractivity contribution in [2.75, 3.05) is 18.7 Å². The number of hydrogen-bond donors (Lipinski definition) is 4. The van der Waals surface area contributed by atoms with Gasteiger partial charge in [0.2, 0.25) is 12.7 Å². The summed E-state index contributed by atoms with van der Waals surface area (Å²) >= 11 is 0. The van der Waals surface area contributed by atoms with Crippen molar-refractivity contribution in [1.82, 2.24) is 20.3 Å². The zero-order valence-corrected chi connectivity index (χ0v) is 25.7. The van der Waals surface area contributed by atoms with Crippen molar-refractivity contribution in [3.05, 3.63) is 65.6 Å². The number of ether oxygens (including phenoxy) is 2. The van der Waals surface area contributed by atoms with Crippen molar-refractivity contribution in [3.63, 3.8) is 0 Å². The molecular weight excluding hydrogens is 604 g/mol. The summed E-state index contributed by atoms with van der Waals surface area (Å²) in [6.45, 7) is 3.46. The number of aryl methyl sites for hydroxylation is 1. The van der Waals surface area contributed by atoms with Crippen molar-refractivity contribution < 1.29 is 42.9 Å². The molecule has 3 heterocycles. The number of aliphatic hydroxyl groups is 2. The predicted octanol–water partition coefficient (Wildman–Crippen LogP) is 4.08. The normalized spacial score (nSPS) is 18.3. The van der Waals surface area contributed by atoms with E-state index in [2.05, 4.69) is 25.6 Å². The molecular formula is C32H37F2N5O7. The van der Waals surface area contributed by atoms with E-state index in [1.54, 1.807) is 31.3 Å². The Morgan fingerprint density at radius 2 is 1.78 bits per heavy atom. The van der Waals surface area contributed by atoms with Crippen LogP contribution in [0.3, 0.4) is 0 Å². The molecule has 246 valence electrons. The van der Waals surface area contributed by atoms with Crippen molar-refractivity contribution in [2.24, 2.45) is 11.8 Å². The smallest absolute Gasteiger partial charge is 0.333 e. The number of aromatic nitrogens is 3. The maximum Gasteiger partial charge on any atom is 0.333 e. The molecule has 3 aromatic rings. The Hall–Kier alpha value is -4.56. The summed E-state index contributed by atoms with van der Waals surface area (Å²) < 4.78 is 36.1. The number of rotatable bonds is 12. The van der Waals surface area contributed by atoms with Gasteiger partial charge in [0.15, 0.2) is 6.04 Å². The molecule has 1 aliphatic rings. The number of halogens is 2. The molecule has 4 rings (SSSR count). The van der Waals surface area contributed by atoms with Gasteiger partial charge in [0.05, 0.1) is 23.9 Å². The third kappa shape index (κ3) is 8.79. The Balaban J connectivity index is 1.33. The first-order chi connectivity index (χ1) is 21.9. The lowest BCUT2D eigenvalue weighted by atomic mass is 9.73. The molecule has 46 heavy (non-hydrogen) atoms. The molecule has 0 radical (unpaired) electrons. The molecule has 1 aliphatic carbocycles. The van der Waals surface area contributed by atoms with Crippen LogP contribution < -0.4 is 10.6 Å². The molecule has 0 aliphatic heterocycles. The number of hydrogen-bond acceptors (Lipinski definition) is 11. The first kappa shape index (κ1) is 34.3. The van der Waals surface area contributed by atoms with Gasteiger partial charge in [0.25, 0.3) is 6.43 Å². The van der Waals surface area contributed by atoms with Crippen LogP contribution in [0.2, 0.25) is 0 Å². The van der Waals surface area contributed by atoms with E-state index in [1.165, 1.54) is 25.3 Å². The second kappa shape index (κ2) is 15.1. The average Bonchev–Trinajstić information content (AvgIpc) is 3.03. The molecule has 0 spiro atoms. The van der Waals surface area contributed by atoms with Crippen LogP contribution in [0.4, 0.5) is 20.4 Å². The van der Waals surface area contributed by atoms with E-state index >= 15 is 0 Å². The molecule has 1 fully saturated rings. The van der Waals surface area contributed by atoms with E-state index in [-0.39, 0.29) is 17.3 Å². The molecule has 0 aromatic carbocycles. The third-order valence-corrected chi connectivity index (χ3v) is 7.94. The van der Waals surface area contributed by atoms with Gasteiger partial charge in [-0.15, -0.1) is 0 Å². The van der Waals surface area contributed by atoms with Crippen molar-refractivity contribution in [2.45, 2.75) is 64.5 Å². The molecule has 14 heteroatoms. The van der Waals surface area contributed by atoms with E-state index in [0.29, 0.717) is 48.5 Å². The Labute approximate surface area is 264 Å². The number of carbonyl (C=O) groups excluding carboxylic acids is 3. The van der Waals surface area contributed by atoms with E-state index in [4.69, 9.17) is 9.47 Å². The van der Waals surface area contributed by atoms with Gasteiger partial charge in [-0.3, -0.25) is 14.6 Å². The molecule has 4 N–H and O–H groups in total. The zero-order valence-electron chi connectivity index (χ0n) is 25.7. The molecule has 12 nitrogen and oxygen atoms in total. The predicted molar refractivity (Wildman–Crippen MR) is 161 cm³/mol. The first-order valence-corrected chi connectivity index (χ1v) is 14.8. The van der Waals surface area contributed by atoms with Gasteiger partial charge in [-0.2, -0.15) is 0 Å². The topological polar surface area (TPSA) is 173 Å². The molecule has 1 saturated carbocycles. The highest BCUT2D eigenvalue weighted by Gasteiger charge is 2.39. The number of alkyl halides is 2. The molecule has 1 amide bonds. The van der Waals surface area contributed by atoms with Crippen LogP contribution in [0, 0.1) is 18.8 Å². The lowest BCUT2D eigenvalue weighted by Crippen LogP contribution is -2.43. The minimum atomic E-state index is -2.62. The summed E-state index contributed by atoms with van der Waals surface area (Å²) in [4.78, 5) is 48.8. The number of aliphatic hydroxyl groups excluding tert-OH is 1. The highest BCUT2D eigenvalue weighted by Crippen LogP contribution is 2.41. The van der Waals surface area contributed by atoms with E-state index in [1.807, 2.05) is 13.0 Å². The fourth-order valence-corrected chi connectivity index (χ4v) is 5.40. The maximum atomic E-state index is 13.1. The van der Waals surface area contributed by atoms with Gasteiger partial charge in [0, 0.05) is 30.4 Å². The molecule has 3 aromatic heterocycles. The Bertz CT molecular complexity index is 1530. The van der Waals surface area contributed by atoms with Crippen LogP contribution in [0.1, 0.15) is 62.8 Å². The van der Waals surface area contributed by atoms with Gasteiger partial charge in [-0.25, -0.2) is 23.5 Å². The maximum absolute atomic E-state index is 13.1. The average molecular weight is 642 g/mol. The second-order valence-electron chi connectivity index (χ2n) is 11.4. The Morgan fingerprint density at radius 1 is 1.04 bits per heavy atom. The summed E-state index contributed by atoms with van der Waals surface area (Å²) in [5, 5.41) is 25.9. The van der Waals surface area contributed by atoms with Crippen LogP contribution in [0.25, 0.3) is 11.3 Å². The minimum absolute atomic E-state index is 0.151. The van der Waals surface area contributed by atoms with Gasteiger partial charge in [-0.05, 0) is 87.4 Å². The number of carbonyl (C=O) groups is 3. The standard InChI is InChI=1S/C32H37F2N5O7/c1-18-12-24(38-28(13-18)39-27-14-21(29(33)34)10-11-35-27)22-6-9-26(36-15-22)32(3,44)23-7-4-20(5-8-23)30(42)45-17-46-31(43)25(16-40)37-19(2)41/h6,9-15,20,23,25,29,40,44H,4-5,7-8,16-17H2,1-3H3,(H,37,41)(H,35,38,39)/t20-,23-,25-,32+/m0/s1. The van der Waals surface area contributed by atoms with E-state index in [0.717, 1.165) is 5.56 Å². The van der Waals surface area contributed by atoms with Gasteiger partial charge < -0.3 is 30.3 Å². The van der Waals surface area contributed by atoms with Crippen molar-refractivity contribution >= 4 is 29.5 Å². The zero-order chi connectivity index (χ0) is 33.4. The highest BCUT2D eigenvalue weighted by molar-refractivity contribution is 5.83. The Morgan fingerprint density at radius 3 is 2.41 bits per heavy atom. The minimum Gasteiger partial charge on any atom is -0.428 e. The lowest BCUT2D eigenvalue weighted by Gasteiger charge is -2.37. The molecule has 2 atom stereocenters. The monoisotopic (exact) mass is 641 g/mol. The molecule has 0 bridgehead atoms. The van der Waals surface area contributed by atoms with Crippen LogP contribution in [-0.2, 0) is 29.5 Å². The summed E-state index contributed by atoms with van der Waals surface area (Å²) in [5.74, 6) is -1.92. The lowest BCUT2D eigenvalue weighted by molar-refractivity contribution is -0.173. The highest BCUT2D eigenvalue weighted by atomic mass is 19.3. The summed E-state index contributed by atoms with van der Waals surface area (Å²) in [6.07, 6.45) is 2.26. The third-order valence-electron chi connectivity index (χ3n) is 7.94. The SMILES string of the molecule is CC(=O)N[C@@H](CO)C(=O)OCOC(=O)[C@H]1CC[C@H]([C@@](C)(O)c2ccc(-c3cc(C)cc(Nc4cc(C(F)F)ccn4)n3)cn2)CC1. The number of pyridine rings is 3. The second-order valence-corrected chi connectivity index (χ2v) is 11.4. The van der Waals surface area contributed by atoms with Crippen molar-refractivity contribution in [3.8, 4) is 11.3 Å². The fourth-order valence-electron chi connectivity index (χ4n) is 5.40. The van der Waals surface area contributed by atoms with Crippen LogP contribution in [-0.4, -0.2) is 62.5 Å². The number of nitrogens with one attached hydrogen (secondary N) is 2. The number of nitrogens with zero attached hydrogens (tertiary/aromatic N) is 3. The van der Waals surface area contributed by atoms with Crippen LogP contribution in [0.15, 0.2) is 48.8 Å². The van der Waals surface area contributed by atoms with Gasteiger partial charge in [0.1, 0.15) is 17.2 Å². The molecule has 0 unspecified atom stereocenters. The van der Waals surface area contributed by atoms with Crippen molar-refractivity contribution in [1.29, 1.82) is 0 Å².